The fourth-order valence-corrected chi connectivity index (χ4v) is 3.49. The van der Waals surface area contributed by atoms with E-state index < -0.39 is 23.3 Å². The lowest BCUT2D eigenvalue weighted by Gasteiger charge is -2.37. The van der Waals surface area contributed by atoms with Crippen molar-refractivity contribution in [3.05, 3.63) is 0 Å². The van der Waals surface area contributed by atoms with E-state index in [4.69, 9.17) is 9.47 Å². The molecule has 21 heavy (non-hydrogen) atoms. The molecule has 1 atom stereocenters. The SMILES string of the molecule is CC(C)(C)OC(=O)OC(=O)[C@]1(C2CCCCC2)CCCN1. The Labute approximate surface area is 126 Å². The van der Waals surface area contributed by atoms with Gasteiger partial charge in [-0.05, 0) is 58.9 Å². The lowest BCUT2D eigenvalue weighted by Crippen LogP contribution is -2.55. The van der Waals surface area contributed by atoms with Crippen LogP contribution in [0.15, 0.2) is 0 Å². The molecule has 120 valence electrons. The predicted octanol–water partition coefficient (Wildman–Crippen LogP) is 3.17. The maximum Gasteiger partial charge on any atom is 0.516 e. The van der Waals surface area contributed by atoms with Crippen LogP contribution < -0.4 is 5.32 Å². The molecule has 0 aromatic heterocycles. The van der Waals surface area contributed by atoms with Gasteiger partial charge in [0.1, 0.15) is 11.1 Å². The smallest absolute Gasteiger partial charge is 0.428 e. The topological polar surface area (TPSA) is 64.6 Å². The van der Waals surface area contributed by atoms with Crippen LogP contribution in [0.5, 0.6) is 0 Å². The minimum Gasteiger partial charge on any atom is -0.428 e. The molecule has 0 unspecified atom stereocenters. The Kier molecular flexibility index (Phi) is 4.91. The minimum atomic E-state index is -0.892. The third-order valence-electron chi connectivity index (χ3n) is 4.42. The van der Waals surface area contributed by atoms with Crippen LogP contribution in [0.3, 0.4) is 0 Å². The van der Waals surface area contributed by atoms with Gasteiger partial charge >= 0.3 is 12.1 Å². The zero-order valence-electron chi connectivity index (χ0n) is 13.4. The summed E-state index contributed by atoms with van der Waals surface area (Å²) in [6, 6.07) is 0. The summed E-state index contributed by atoms with van der Waals surface area (Å²) in [5.41, 5.74) is -1.34. The molecule has 1 N–H and O–H groups in total. The van der Waals surface area contributed by atoms with Gasteiger partial charge in [0.25, 0.3) is 0 Å². The van der Waals surface area contributed by atoms with Crippen LogP contribution in [0.1, 0.15) is 65.7 Å². The average molecular weight is 297 g/mol. The maximum atomic E-state index is 12.6. The van der Waals surface area contributed by atoms with Crippen molar-refractivity contribution >= 4 is 12.1 Å². The molecular weight excluding hydrogens is 270 g/mol. The van der Waals surface area contributed by atoms with Crippen LogP contribution in [0.2, 0.25) is 0 Å². The fourth-order valence-electron chi connectivity index (χ4n) is 3.49. The van der Waals surface area contributed by atoms with Crippen LogP contribution in [0.4, 0.5) is 4.79 Å². The van der Waals surface area contributed by atoms with E-state index in [1.165, 1.54) is 6.42 Å². The van der Waals surface area contributed by atoms with Crippen LogP contribution in [-0.4, -0.2) is 29.8 Å². The van der Waals surface area contributed by atoms with Crippen molar-refractivity contribution in [2.75, 3.05) is 6.54 Å². The summed E-state index contributed by atoms with van der Waals surface area (Å²) < 4.78 is 10.1. The highest BCUT2D eigenvalue weighted by Gasteiger charge is 2.49. The number of hydrogen-bond donors (Lipinski definition) is 1. The van der Waals surface area contributed by atoms with E-state index in [1.807, 2.05) is 0 Å². The Hall–Kier alpha value is -1.10. The largest absolute Gasteiger partial charge is 0.516 e. The molecule has 1 aliphatic carbocycles. The van der Waals surface area contributed by atoms with Gasteiger partial charge in [0.2, 0.25) is 0 Å². The standard InChI is InChI=1S/C16H27NO4/c1-15(2,3)21-14(19)20-13(18)16(10-7-11-17-16)12-8-5-4-6-9-12/h12,17H,4-11H2,1-3H3/t16-/m1/s1. The quantitative estimate of drug-likeness (QED) is 0.626. The Morgan fingerprint density at radius 3 is 2.29 bits per heavy atom. The molecule has 1 aliphatic heterocycles. The first-order valence-corrected chi connectivity index (χ1v) is 8.04. The molecule has 5 nitrogen and oxygen atoms in total. The van der Waals surface area contributed by atoms with Gasteiger partial charge in [0.05, 0.1) is 0 Å². The van der Waals surface area contributed by atoms with Gasteiger partial charge in [0.15, 0.2) is 0 Å². The lowest BCUT2D eigenvalue weighted by atomic mass is 9.74. The second-order valence-electron chi connectivity index (χ2n) is 7.19. The van der Waals surface area contributed by atoms with Gasteiger partial charge in [-0.3, -0.25) is 0 Å². The molecule has 2 aliphatic rings. The van der Waals surface area contributed by atoms with E-state index in [2.05, 4.69) is 5.32 Å². The molecular formula is C16H27NO4. The van der Waals surface area contributed by atoms with Crippen molar-refractivity contribution in [1.29, 1.82) is 0 Å². The van der Waals surface area contributed by atoms with E-state index in [0.717, 1.165) is 45.1 Å². The predicted molar refractivity (Wildman–Crippen MR) is 78.9 cm³/mol. The fraction of sp³-hybridized carbons (Fsp3) is 0.875. The third kappa shape index (κ3) is 3.96. The molecule has 2 rings (SSSR count). The van der Waals surface area contributed by atoms with Crippen molar-refractivity contribution in [3.8, 4) is 0 Å². The Morgan fingerprint density at radius 1 is 1.10 bits per heavy atom. The zero-order chi connectivity index (χ0) is 15.5. The van der Waals surface area contributed by atoms with Crippen LogP contribution in [0, 0.1) is 5.92 Å². The highest BCUT2D eigenvalue weighted by molar-refractivity contribution is 5.89. The summed E-state index contributed by atoms with van der Waals surface area (Å²) >= 11 is 0. The number of esters is 1. The monoisotopic (exact) mass is 297 g/mol. The van der Waals surface area contributed by atoms with Gasteiger partial charge in [0, 0.05) is 0 Å². The number of nitrogens with one attached hydrogen (secondary N) is 1. The van der Waals surface area contributed by atoms with Crippen LogP contribution >= 0.6 is 0 Å². The number of rotatable bonds is 2. The molecule has 5 heteroatoms. The number of carbonyl (C=O) groups is 2. The van der Waals surface area contributed by atoms with Gasteiger partial charge in [-0.1, -0.05) is 19.3 Å². The summed E-state index contributed by atoms with van der Waals surface area (Å²) in [6.45, 7) is 6.07. The Balaban J connectivity index is 2.04. The van der Waals surface area contributed by atoms with Crippen LogP contribution in [0.25, 0.3) is 0 Å². The van der Waals surface area contributed by atoms with Gasteiger partial charge in [-0.25, -0.2) is 9.59 Å². The summed E-state index contributed by atoms with van der Waals surface area (Å²) in [7, 11) is 0. The molecule has 0 amide bonds. The normalized spacial score (nSPS) is 27.4. The van der Waals surface area contributed by atoms with Crippen molar-refractivity contribution in [2.45, 2.75) is 76.9 Å². The molecule has 0 radical (unpaired) electrons. The van der Waals surface area contributed by atoms with Gasteiger partial charge in [-0.2, -0.15) is 0 Å². The molecule has 1 heterocycles. The van der Waals surface area contributed by atoms with E-state index in [0.29, 0.717) is 0 Å². The van der Waals surface area contributed by atoms with Crippen molar-refractivity contribution in [2.24, 2.45) is 5.92 Å². The summed E-state index contributed by atoms with van der Waals surface area (Å²) in [5.74, 6) is -0.190. The second-order valence-corrected chi connectivity index (χ2v) is 7.19. The highest BCUT2D eigenvalue weighted by atomic mass is 16.7. The first kappa shape index (κ1) is 16.3. The van der Waals surface area contributed by atoms with Crippen molar-refractivity contribution in [3.63, 3.8) is 0 Å². The number of ether oxygens (including phenoxy) is 2. The van der Waals surface area contributed by atoms with E-state index in [-0.39, 0.29) is 5.92 Å². The molecule has 0 aromatic carbocycles. The average Bonchev–Trinajstić information content (AvgIpc) is 2.88. The first-order chi connectivity index (χ1) is 9.83. The Morgan fingerprint density at radius 2 is 1.76 bits per heavy atom. The Bertz CT molecular complexity index is 388. The lowest BCUT2D eigenvalue weighted by molar-refractivity contribution is -0.151. The summed E-state index contributed by atoms with van der Waals surface area (Å²) in [6.07, 6.45) is 6.37. The molecule has 1 saturated carbocycles. The summed E-state index contributed by atoms with van der Waals surface area (Å²) in [5, 5.41) is 3.33. The second kappa shape index (κ2) is 6.34. The number of carbonyl (C=O) groups excluding carboxylic acids is 2. The first-order valence-electron chi connectivity index (χ1n) is 8.04. The van der Waals surface area contributed by atoms with Gasteiger partial charge in [-0.15, -0.1) is 0 Å². The minimum absolute atomic E-state index is 0.267. The van der Waals surface area contributed by atoms with E-state index in [9.17, 15) is 9.59 Å². The van der Waals surface area contributed by atoms with Gasteiger partial charge < -0.3 is 14.8 Å². The zero-order valence-corrected chi connectivity index (χ0v) is 13.4. The molecule has 1 saturated heterocycles. The summed E-state index contributed by atoms with van der Waals surface area (Å²) in [4.78, 5) is 24.3. The molecule has 2 fully saturated rings. The number of hydrogen-bond acceptors (Lipinski definition) is 5. The molecule has 0 aromatic rings. The highest BCUT2D eigenvalue weighted by Crippen LogP contribution is 2.38. The van der Waals surface area contributed by atoms with Crippen molar-refractivity contribution in [1.82, 2.24) is 5.32 Å². The van der Waals surface area contributed by atoms with Crippen LogP contribution in [-0.2, 0) is 14.3 Å². The molecule has 0 bridgehead atoms. The maximum absolute atomic E-state index is 12.6. The molecule has 0 spiro atoms. The van der Waals surface area contributed by atoms with E-state index >= 15 is 0 Å². The van der Waals surface area contributed by atoms with Crippen molar-refractivity contribution < 1.29 is 19.1 Å². The third-order valence-corrected chi connectivity index (χ3v) is 4.42. The van der Waals surface area contributed by atoms with E-state index in [1.54, 1.807) is 20.8 Å².